The lowest BCUT2D eigenvalue weighted by Crippen LogP contribution is -1.97. The van der Waals surface area contributed by atoms with Crippen LogP contribution in [0.15, 0.2) is 48.7 Å². The molecule has 0 fully saturated rings. The summed E-state index contributed by atoms with van der Waals surface area (Å²) in [6, 6.07) is 15.5. The molecular formula is C16H10Cl2N2. The molecule has 98 valence electrons. The van der Waals surface area contributed by atoms with Gasteiger partial charge in [0.25, 0.3) is 0 Å². The summed E-state index contributed by atoms with van der Waals surface area (Å²) >= 11 is 12.0. The number of hydrogen-bond acceptors (Lipinski definition) is 1. The van der Waals surface area contributed by atoms with Gasteiger partial charge in [-0.2, -0.15) is 5.26 Å². The van der Waals surface area contributed by atoms with Crippen LogP contribution in [0, 0.1) is 11.3 Å². The second kappa shape index (κ2) is 5.20. The van der Waals surface area contributed by atoms with E-state index in [0.717, 1.165) is 16.5 Å². The van der Waals surface area contributed by atoms with Crippen molar-refractivity contribution < 1.29 is 0 Å². The van der Waals surface area contributed by atoms with Crippen molar-refractivity contribution in [3.63, 3.8) is 0 Å². The summed E-state index contributed by atoms with van der Waals surface area (Å²) in [5, 5.41) is 11.2. The average Bonchev–Trinajstić information content (AvgIpc) is 2.86. The van der Waals surface area contributed by atoms with Crippen LogP contribution in [0.4, 0.5) is 0 Å². The fourth-order valence-electron chi connectivity index (χ4n) is 2.29. The third-order valence-corrected chi connectivity index (χ3v) is 4.01. The van der Waals surface area contributed by atoms with Crippen LogP contribution in [0.2, 0.25) is 10.0 Å². The topological polar surface area (TPSA) is 28.7 Å². The maximum atomic E-state index is 9.11. The number of aromatic nitrogens is 1. The smallest absolute Gasteiger partial charge is 0.0998 e. The third kappa shape index (κ3) is 2.27. The minimum Gasteiger partial charge on any atom is -0.343 e. The first-order chi connectivity index (χ1) is 9.69. The molecule has 0 amide bonds. The normalized spacial score (nSPS) is 10.7. The van der Waals surface area contributed by atoms with Crippen LogP contribution in [0.5, 0.6) is 0 Å². The first-order valence-electron chi connectivity index (χ1n) is 6.11. The summed E-state index contributed by atoms with van der Waals surface area (Å²) in [5.41, 5.74) is 2.80. The van der Waals surface area contributed by atoms with E-state index in [0.29, 0.717) is 22.2 Å². The zero-order chi connectivity index (χ0) is 14.1. The Kier molecular flexibility index (Phi) is 3.40. The minimum absolute atomic E-state index is 0.554. The van der Waals surface area contributed by atoms with E-state index in [-0.39, 0.29) is 0 Å². The summed E-state index contributed by atoms with van der Waals surface area (Å²) in [6.45, 7) is 0.690. The molecule has 1 aromatic heterocycles. The molecule has 2 nitrogen and oxygen atoms in total. The second-order valence-electron chi connectivity index (χ2n) is 4.54. The zero-order valence-corrected chi connectivity index (χ0v) is 12.0. The van der Waals surface area contributed by atoms with Crippen molar-refractivity contribution in [1.29, 1.82) is 5.26 Å². The number of nitrogens with zero attached hydrogens (tertiary/aromatic N) is 2. The van der Waals surface area contributed by atoms with Crippen LogP contribution in [-0.4, -0.2) is 4.57 Å². The van der Waals surface area contributed by atoms with Crippen LogP contribution in [0.1, 0.15) is 11.1 Å². The Morgan fingerprint density at radius 3 is 2.65 bits per heavy atom. The van der Waals surface area contributed by atoms with Gasteiger partial charge in [0.1, 0.15) is 0 Å². The van der Waals surface area contributed by atoms with E-state index in [1.807, 2.05) is 42.6 Å². The molecule has 0 N–H and O–H groups in total. The van der Waals surface area contributed by atoms with Gasteiger partial charge in [-0.1, -0.05) is 35.3 Å². The number of nitriles is 1. The first kappa shape index (κ1) is 13.1. The summed E-state index contributed by atoms with van der Waals surface area (Å²) < 4.78 is 2.09. The predicted molar refractivity (Wildman–Crippen MR) is 82.2 cm³/mol. The lowest BCUT2D eigenvalue weighted by molar-refractivity contribution is 0.837. The number of fused-ring (bicyclic) bond motifs is 1. The summed E-state index contributed by atoms with van der Waals surface area (Å²) in [6.07, 6.45) is 1.98. The maximum Gasteiger partial charge on any atom is 0.0998 e. The van der Waals surface area contributed by atoms with Gasteiger partial charge in [0, 0.05) is 23.6 Å². The molecule has 0 saturated heterocycles. The molecule has 3 rings (SSSR count). The Labute approximate surface area is 126 Å². The Hall–Kier alpha value is -1.95. The zero-order valence-electron chi connectivity index (χ0n) is 10.5. The van der Waals surface area contributed by atoms with Crippen molar-refractivity contribution in [3.8, 4) is 6.07 Å². The van der Waals surface area contributed by atoms with Crippen LogP contribution >= 0.6 is 23.2 Å². The fourth-order valence-corrected chi connectivity index (χ4v) is 2.61. The van der Waals surface area contributed by atoms with Gasteiger partial charge < -0.3 is 4.57 Å². The van der Waals surface area contributed by atoms with Crippen molar-refractivity contribution in [1.82, 2.24) is 4.57 Å². The first-order valence-corrected chi connectivity index (χ1v) is 6.86. The van der Waals surface area contributed by atoms with Gasteiger partial charge in [-0.3, -0.25) is 0 Å². The highest BCUT2D eigenvalue weighted by Gasteiger charge is 2.06. The molecule has 20 heavy (non-hydrogen) atoms. The molecule has 0 aliphatic heterocycles. The van der Waals surface area contributed by atoms with Gasteiger partial charge in [-0.15, -0.1) is 0 Å². The molecule has 0 bridgehead atoms. The molecule has 3 aromatic rings. The Morgan fingerprint density at radius 2 is 1.90 bits per heavy atom. The van der Waals surface area contributed by atoms with Crippen molar-refractivity contribution in [3.05, 3.63) is 69.8 Å². The van der Waals surface area contributed by atoms with Crippen LogP contribution in [0.25, 0.3) is 10.9 Å². The third-order valence-electron chi connectivity index (χ3n) is 3.27. The summed E-state index contributed by atoms with van der Waals surface area (Å²) in [4.78, 5) is 0. The molecule has 0 atom stereocenters. The van der Waals surface area contributed by atoms with Gasteiger partial charge >= 0.3 is 0 Å². The van der Waals surface area contributed by atoms with Gasteiger partial charge in [-0.25, -0.2) is 0 Å². The van der Waals surface area contributed by atoms with E-state index in [1.165, 1.54) is 0 Å². The SMILES string of the molecule is N#Cc1cccc2c1ccn2Cc1ccc(Cl)c(Cl)c1. The highest BCUT2D eigenvalue weighted by molar-refractivity contribution is 6.42. The summed E-state index contributed by atoms with van der Waals surface area (Å²) in [5.74, 6) is 0. The van der Waals surface area contributed by atoms with Crippen LogP contribution in [0.3, 0.4) is 0 Å². The molecule has 0 aliphatic carbocycles. The van der Waals surface area contributed by atoms with E-state index in [4.69, 9.17) is 28.5 Å². The van der Waals surface area contributed by atoms with Gasteiger partial charge in [0.2, 0.25) is 0 Å². The number of halogens is 2. The minimum atomic E-state index is 0.554. The van der Waals surface area contributed by atoms with Gasteiger partial charge in [0.05, 0.1) is 21.7 Å². The van der Waals surface area contributed by atoms with Crippen molar-refractivity contribution >= 4 is 34.1 Å². The van der Waals surface area contributed by atoms with E-state index >= 15 is 0 Å². The molecule has 0 radical (unpaired) electrons. The van der Waals surface area contributed by atoms with E-state index < -0.39 is 0 Å². The molecule has 1 heterocycles. The van der Waals surface area contributed by atoms with E-state index in [1.54, 1.807) is 6.07 Å². The van der Waals surface area contributed by atoms with Gasteiger partial charge in [-0.05, 0) is 35.9 Å². The predicted octanol–water partition coefficient (Wildman–Crippen LogP) is 4.87. The molecule has 4 heteroatoms. The Morgan fingerprint density at radius 1 is 1.05 bits per heavy atom. The molecule has 0 unspecified atom stereocenters. The van der Waals surface area contributed by atoms with Crippen molar-refractivity contribution in [2.45, 2.75) is 6.54 Å². The quantitative estimate of drug-likeness (QED) is 0.664. The van der Waals surface area contributed by atoms with Crippen molar-refractivity contribution in [2.24, 2.45) is 0 Å². The molecule has 0 saturated carbocycles. The van der Waals surface area contributed by atoms with Gasteiger partial charge in [0.15, 0.2) is 0 Å². The molecule has 0 aliphatic rings. The van der Waals surface area contributed by atoms with Crippen LogP contribution < -0.4 is 0 Å². The van der Waals surface area contributed by atoms with E-state index in [2.05, 4.69) is 10.6 Å². The highest BCUT2D eigenvalue weighted by atomic mass is 35.5. The fraction of sp³-hybridized carbons (Fsp3) is 0.0625. The molecule has 0 spiro atoms. The lowest BCUT2D eigenvalue weighted by atomic mass is 10.1. The average molecular weight is 301 g/mol. The Balaban J connectivity index is 2.03. The van der Waals surface area contributed by atoms with E-state index in [9.17, 15) is 0 Å². The highest BCUT2D eigenvalue weighted by Crippen LogP contribution is 2.25. The monoisotopic (exact) mass is 300 g/mol. The number of benzene rings is 2. The maximum absolute atomic E-state index is 9.11. The number of hydrogen-bond donors (Lipinski definition) is 0. The molecule has 2 aromatic carbocycles. The Bertz CT molecular complexity index is 828. The largest absolute Gasteiger partial charge is 0.343 e. The number of rotatable bonds is 2. The standard InChI is InChI=1S/C16H10Cl2N2/c17-14-5-4-11(8-15(14)18)10-20-7-6-13-12(9-19)2-1-3-16(13)20/h1-8H,10H2. The van der Waals surface area contributed by atoms with Crippen molar-refractivity contribution in [2.75, 3.05) is 0 Å². The lowest BCUT2D eigenvalue weighted by Gasteiger charge is -2.07. The second-order valence-corrected chi connectivity index (χ2v) is 5.36. The van der Waals surface area contributed by atoms with Crippen LogP contribution in [-0.2, 0) is 6.54 Å². The molecular weight excluding hydrogens is 291 g/mol. The summed E-state index contributed by atoms with van der Waals surface area (Å²) in [7, 11) is 0.